The summed E-state index contributed by atoms with van der Waals surface area (Å²) in [6.45, 7) is 1.35. The van der Waals surface area contributed by atoms with E-state index in [1.807, 2.05) is 12.1 Å². The highest BCUT2D eigenvalue weighted by Crippen LogP contribution is 2.25. The number of nitrogens with one attached hydrogen (secondary N) is 1. The van der Waals surface area contributed by atoms with Gasteiger partial charge in [0.25, 0.3) is 5.56 Å². The van der Waals surface area contributed by atoms with Crippen LogP contribution in [0.1, 0.15) is 18.3 Å². The van der Waals surface area contributed by atoms with Gasteiger partial charge in [-0.3, -0.25) is 9.59 Å². The van der Waals surface area contributed by atoms with Gasteiger partial charge in [-0.05, 0) is 42.5 Å². The quantitative estimate of drug-likeness (QED) is 0.550. The number of benzene rings is 2. The molecule has 0 spiro atoms. The van der Waals surface area contributed by atoms with Crippen LogP contribution in [0.5, 0.6) is 5.75 Å². The third-order valence-corrected chi connectivity index (χ3v) is 3.77. The van der Waals surface area contributed by atoms with E-state index in [1.54, 1.807) is 42.5 Å². The summed E-state index contributed by atoms with van der Waals surface area (Å²) in [6.07, 6.45) is 3.40. The number of nitrogens with zero attached hydrogens (tertiary/aromatic N) is 1. The Morgan fingerprint density at radius 3 is 2.79 bits per heavy atom. The molecule has 0 aliphatic heterocycles. The van der Waals surface area contributed by atoms with Crippen molar-refractivity contribution in [3.8, 4) is 5.75 Å². The summed E-state index contributed by atoms with van der Waals surface area (Å²) in [7, 11) is 0. The van der Waals surface area contributed by atoms with E-state index in [0.29, 0.717) is 28.0 Å². The molecule has 2 aromatic carbocycles. The maximum absolute atomic E-state index is 12.1. The predicted octanol–water partition coefficient (Wildman–Crippen LogP) is 3.78. The van der Waals surface area contributed by atoms with E-state index in [4.69, 9.17) is 4.74 Å². The van der Waals surface area contributed by atoms with Crippen LogP contribution in [0, 0.1) is 0 Å². The van der Waals surface area contributed by atoms with E-state index in [2.05, 4.69) is 25.9 Å². The van der Waals surface area contributed by atoms with Crippen LogP contribution in [0.2, 0.25) is 0 Å². The summed E-state index contributed by atoms with van der Waals surface area (Å²) in [5.41, 5.74) is 1.11. The topological polar surface area (TPSA) is 72.0 Å². The maximum Gasteiger partial charge on any atom is 0.308 e. The van der Waals surface area contributed by atoms with Gasteiger partial charge in [0.15, 0.2) is 0 Å². The van der Waals surface area contributed by atoms with Gasteiger partial charge >= 0.3 is 5.97 Å². The van der Waals surface area contributed by atoms with Crippen LogP contribution in [-0.2, 0) is 4.79 Å². The zero-order valence-electron chi connectivity index (χ0n) is 12.7. The molecule has 0 radical (unpaired) electrons. The van der Waals surface area contributed by atoms with Crippen molar-refractivity contribution in [1.82, 2.24) is 9.97 Å². The van der Waals surface area contributed by atoms with Gasteiger partial charge in [0.1, 0.15) is 11.6 Å². The first kappa shape index (κ1) is 16.1. The zero-order chi connectivity index (χ0) is 17.1. The highest BCUT2D eigenvalue weighted by molar-refractivity contribution is 9.10. The second-order valence-corrected chi connectivity index (χ2v) is 5.99. The largest absolute Gasteiger partial charge is 0.426 e. The summed E-state index contributed by atoms with van der Waals surface area (Å²) < 4.78 is 6.02. The summed E-state index contributed by atoms with van der Waals surface area (Å²) >= 11 is 3.39. The molecule has 0 aliphatic rings. The Hall–Kier alpha value is -2.73. The van der Waals surface area contributed by atoms with Crippen molar-refractivity contribution < 1.29 is 9.53 Å². The molecule has 120 valence electrons. The fourth-order valence-electron chi connectivity index (χ4n) is 2.25. The Balaban J connectivity index is 2.01. The zero-order valence-corrected chi connectivity index (χ0v) is 14.3. The van der Waals surface area contributed by atoms with Gasteiger partial charge in [-0.1, -0.05) is 28.1 Å². The predicted molar refractivity (Wildman–Crippen MR) is 96.7 cm³/mol. The molecule has 0 atom stereocenters. The lowest BCUT2D eigenvalue weighted by Crippen LogP contribution is -2.09. The van der Waals surface area contributed by atoms with Crippen molar-refractivity contribution in [3.63, 3.8) is 0 Å². The lowest BCUT2D eigenvalue weighted by Gasteiger charge is -2.06. The number of carbonyl (C=O) groups is 1. The number of rotatable bonds is 3. The van der Waals surface area contributed by atoms with Crippen molar-refractivity contribution in [2.75, 3.05) is 0 Å². The third-order valence-electron chi connectivity index (χ3n) is 3.28. The molecular formula is C18H13BrN2O3. The number of carbonyl (C=O) groups excluding carboxylic acids is 1. The third kappa shape index (κ3) is 3.60. The molecule has 1 N–H and O–H groups in total. The van der Waals surface area contributed by atoms with Crippen LogP contribution >= 0.6 is 15.9 Å². The van der Waals surface area contributed by atoms with Gasteiger partial charge in [-0.2, -0.15) is 0 Å². The number of hydrogen-bond donors (Lipinski definition) is 1. The summed E-state index contributed by atoms with van der Waals surface area (Å²) in [5, 5.41) is 0.540. The smallest absolute Gasteiger partial charge is 0.308 e. The first-order valence-corrected chi connectivity index (χ1v) is 7.97. The minimum Gasteiger partial charge on any atom is -0.426 e. The molecule has 3 rings (SSSR count). The van der Waals surface area contributed by atoms with E-state index in [0.717, 1.165) is 4.47 Å². The van der Waals surface area contributed by atoms with Gasteiger partial charge < -0.3 is 9.72 Å². The SMILES string of the molecule is CC(=O)Oc1ccc(Br)cc1C=Cc1nc2ccccc2c(=O)[nH]1. The fraction of sp³-hybridized carbons (Fsp3) is 0.0556. The normalized spacial score (nSPS) is 11.1. The standard InChI is InChI=1S/C18H13BrN2O3/c1-11(22)24-16-8-7-13(19)10-12(16)6-9-17-20-15-5-3-2-4-14(15)18(23)21-17/h2-10H,1H3,(H,20,21,23). The Bertz CT molecular complexity index is 1010. The first-order chi connectivity index (χ1) is 11.5. The highest BCUT2D eigenvalue weighted by Gasteiger charge is 2.05. The average Bonchev–Trinajstić information content (AvgIpc) is 2.55. The van der Waals surface area contributed by atoms with E-state index in [1.165, 1.54) is 6.92 Å². The molecule has 5 nitrogen and oxygen atoms in total. The number of aromatic nitrogens is 2. The van der Waals surface area contributed by atoms with Crippen molar-refractivity contribution in [3.05, 3.63) is 68.7 Å². The van der Waals surface area contributed by atoms with Gasteiger partial charge in [0.05, 0.1) is 10.9 Å². The second kappa shape index (κ2) is 6.80. The molecule has 0 unspecified atom stereocenters. The van der Waals surface area contributed by atoms with Gasteiger partial charge in [-0.25, -0.2) is 4.98 Å². The van der Waals surface area contributed by atoms with Crippen molar-refractivity contribution >= 4 is 45.0 Å². The Kier molecular flexibility index (Phi) is 4.57. The lowest BCUT2D eigenvalue weighted by atomic mass is 10.2. The molecular weight excluding hydrogens is 372 g/mol. The Labute approximate surface area is 146 Å². The molecule has 1 aromatic heterocycles. The number of hydrogen-bond acceptors (Lipinski definition) is 4. The summed E-state index contributed by atoms with van der Waals surface area (Å²) in [4.78, 5) is 30.4. The molecule has 0 bridgehead atoms. The molecule has 0 saturated heterocycles. The number of fused-ring (bicyclic) bond motifs is 1. The van der Waals surface area contributed by atoms with Crippen molar-refractivity contribution in [1.29, 1.82) is 0 Å². The molecule has 0 aliphatic carbocycles. The minimum absolute atomic E-state index is 0.199. The molecule has 3 aromatic rings. The maximum atomic E-state index is 12.1. The Morgan fingerprint density at radius 1 is 1.21 bits per heavy atom. The van der Waals surface area contributed by atoms with Crippen LogP contribution in [-0.4, -0.2) is 15.9 Å². The molecule has 0 amide bonds. The van der Waals surface area contributed by atoms with Gasteiger partial charge in [0.2, 0.25) is 0 Å². The van der Waals surface area contributed by atoms with Gasteiger partial charge in [-0.15, -0.1) is 0 Å². The Morgan fingerprint density at radius 2 is 2.00 bits per heavy atom. The van der Waals surface area contributed by atoms with Crippen LogP contribution in [0.15, 0.2) is 51.7 Å². The number of ether oxygens (including phenoxy) is 1. The second-order valence-electron chi connectivity index (χ2n) is 5.08. The molecule has 24 heavy (non-hydrogen) atoms. The summed E-state index contributed by atoms with van der Waals surface area (Å²) in [6, 6.07) is 12.4. The van der Waals surface area contributed by atoms with Crippen molar-refractivity contribution in [2.24, 2.45) is 0 Å². The fourth-order valence-corrected chi connectivity index (χ4v) is 2.63. The number of esters is 1. The van der Waals surface area contributed by atoms with Crippen LogP contribution in [0.4, 0.5) is 0 Å². The highest BCUT2D eigenvalue weighted by atomic mass is 79.9. The average molecular weight is 385 g/mol. The number of H-pyrrole nitrogens is 1. The van der Waals surface area contributed by atoms with E-state index >= 15 is 0 Å². The molecule has 0 saturated carbocycles. The molecule has 0 fully saturated rings. The van der Waals surface area contributed by atoms with Crippen LogP contribution < -0.4 is 10.3 Å². The number of halogens is 1. The monoisotopic (exact) mass is 384 g/mol. The molecule has 6 heteroatoms. The lowest BCUT2D eigenvalue weighted by molar-refractivity contribution is -0.131. The summed E-state index contributed by atoms with van der Waals surface area (Å²) in [5.74, 6) is 0.460. The van der Waals surface area contributed by atoms with Crippen LogP contribution in [0.25, 0.3) is 23.1 Å². The van der Waals surface area contributed by atoms with Gasteiger partial charge in [0, 0.05) is 17.0 Å². The molecule has 1 heterocycles. The number of aromatic amines is 1. The van der Waals surface area contributed by atoms with E-state index < -0.39 is 5.97 Å². The van der Waals surface area contributed by atoms with E-state index in [9.17, 15) is 9.59 Å². The van der Waals surface area contributed by atoms with Crippen LogP contribution in [0.3, 0.4) is 0 Å². The van der Waals surface area contributed by atoms with Crippen molar-refractivity contribution in [2.45, 2.75) is 6.92 Å². The van der Waals surface area contributed by atoms with E-state index in [-0.39, 0.29) is 5.56 Å². The number of para-hydroxylation sites is 1. The first-order valence-electron chi connectivity index (χ1n) is 7.18. The minimum atomic E-state index is -0.399.